The number of nitrogens with one attached hydrogen (secondary N) is 4. The summed E-state index contributed by atoms with van der Waals surface area (Å²) >= 11 is 0. The molecule has 0 saturated heterocycles. The number of amides is 4. The van der Waals surface area contributed by atoms with Gasteiger partial charge >= 0.3 is 0 Å². The van der Waals surface area contributed by atoms with Gasteiger partial charge in [0.05, 0.1) is 25.5 Å². The molecule has 1 aliphatic heterocycles. The maximum atomic E-state index is 12.4. The molecule has 1 unspecified atom stereocenters. The largest absolute Gasteiger partial charge is 0.492 e. The number of fused-ring (bicyclic) bond motifs is 1. The van der Waals surface area contributed by atoms with Crippen LogP contribution >= 0.6 is 0 Å². The molecule has 8 N–H and O–H groups in total. The predicted molar refractivity (Wildman–Crippen MR) is 188 cm³/mol. The minimum absolute atomic E-state index is 0.0926. The number of nitrogens with zero attached hydrogens (tertiary/aromatic N) is 1. The molecule has 4 rings (SSSR count). The normalized spacial score (nSPS) is 16.9. The zero-order valence-electron chi connectivity index (χ0n) is 29.1. The van der Waals surface area contributed by atoms with E-state index in [0.717, 1.165) is 42.5 Å². The number of nitrogens with two attached hydrogens (primary N) is 2. The van der Waals surface area contributed by atoms with Crippen molar-refractivity contribution < 1.29 is 23.9 Å². The van der Waals surface area contributed by atoms with E-state index in [1.807, 2.05) is 13.0 Å². The van der Waals surface area contributed by atoms with Gasteiger partial charge in [0.1, 0.15) is 12.4 Å². The van der Waals surface area contributed by atoms with Gasteiger partial charge in [0.15, 0.2) is 0 Å². The topological polar surface area (TPSA) is 193 Å². The fraction of sp³-hybridized carbons (Fsp3) is 0.514. The summed E-state index contributed by atoms with van der Waals surface area (Å²) in [5, 5.41) is 14.3. The van der Waals surface area contributed by atoms with Crippen molar-refractivity contribution in [2.24, 2.45) is 11.5 Å². The van der Waals surface area contributed by atoms with E-state index in [1.54, 1.807) is 14.0 Å². The van der Waals surface area contributed by atoms with Crippen LogP contribution in [0, 0.1) is 26.2 Å². The number of ether oxygens (including phenoxy) is 1. The summed E-state index contributed by atoms with van der Waals surface area (Å²) in [6, 6.07) is 14.2. The van der Waals surface area contributed by atoms with Gasteiger partial charge in [-0.1, -0.05) is 66.8 Å². The second-order valence-electron chi connectivity index (χ2n) is 11.4. The summed E-state index contributed by atoms with van der Waals surface area (Å²) in [5.41, 5.74) is 13.8. The molecule has 1 atom stereocenters. The van der Waals surface area contributed by atoms with E-state index >= 15 is 0 Å². The molecule has 1 fully saturated rings. The zero-order chi connectivity index (χ0) is 35.6. The van der Waals surface area contributed by atoms with Crippen molar-refractivity contribution in [1.29, 1.82) is 5.41 Å². The maximum Gasteiger partial charge on any atom is 0.240 e. The van der Waals surface area contributed by atoms with Crippen LogP contribution in [-0.2, 0) is 25.6 Å². The van der Waals surface area contributed by atoms with Crippen LogP contribution in [0.2, 0.25) is 0 Å². The van der Waals surface area contributed by atoms with Crippen LogP contribution in [0.4, 0.5) is 0 Å². The molecule has 2 aromatic rings. The number of benzene rings is 2. The number of carbonyl (C=O) groups excluding carboxylic acids is 4. The van der Waals surface area contributed by atoms with Crippen molar-refractivity contribution in [2.45, 2.75) is 79.2 Å². The summed E-state index contributed by atoms with van der Waals surface area (Å²) in [6.45, 7) is 10.6. The minimum Gasteiger partial charge on any atom is -0.492 e. The van der Waals surface area contributed by atoms with Gasteiger partial charge < -0.3 is 37.1 Å². The number of carbonyl (C=O) groups is 4. The second kappa shape index (κ2) is 25.7. The summed E-state index contributed by atoms with van der Waals surface area (Å²) in [6.07, 6.45) is 7.86. The third-order valence-electron chi connectivity index (χ3n) is 6.37. The lowest BCUT2D eigenvalue weighted by atomic mass is 10.0. The molecule has 4 amide bonds. The summed E-state index contributed by atoms with van der Waals surface area (Å²) in [7, 11) is 1.57. The van der Waals surface area contributed by atoms with Gasteiger partial charge in [-0.3, -0.25) is 24.6 Å². The van der Waals surface area contributed by atoms with Crippen molar-refractivity contribution >= 4 is 30.0 Å². The number of hydrogen-bond acceptors (Lipinski definition) is 7. The summed E-state index contributed by atoms with van der Waals surface area (Å²) in [4.78, 5) is 46.8. The molecule has 2 aromatic carbocycles. The highest BCUT2D eigenvalue weighted by molar-refractivity contribution is 5.89. The van der Waals surface area contributed by atoms with Gasteiger partial charge in [-0.2, -0.15) is 0 Å². The van der Waals surface area contributed by atoms with Gasteiger partial charge in [-0.05, 0) is 64.2 Å². The first-order valence-corrected chi connectivity index (χ1v) is 16.0. The van der Waals surface area contributed by atoms with Crippen LogP contribution in [0.1, 0.15) is 68.2 Å². The minimum atomic E-state index is -0.446. The second-order valence-corrected chi connectivity index (χ2v) is 11.4. The zero-order valence-corrected chi connectivity index (χ0v) is 29.1. The van der Waals surface area contributed by atoms with Crippen molar-refractivity contribution in [2.75, 3.05) is 39.8 Å². The molecular weight excluding hydrogens is 598 g/mol. The fourth-order valence-corrected chi connectivity index (χ4v) is 3.75. The Balaban J connectivity index is 0.000000945. The van der Waals surface area contributed by atoms with Crippen molar-refractivity contribution in [3.8, 4) is 5.75 Å². The number of aryl methyl sites for hydroxylation is 4. The molecule has 12 heteroatoms. The van der Waals surface area contributed by atoms with Gasteiger partial charge in [-0.25, -0.2) is 0 Å². The average Bonchev–Trinajstić information content (AvgIpc) is 3.90. The van der Waals surface area contributed by atoms with Crippen LogP contribution in [0.15, 0.2) is 42.5 Å². The maximum absolute atomic E-state index is 12.4. The first-order valence-electron chi connectivity index (χ1n) is 16.0. The van der Waals surface area contributed by atoms with Crippen molar-refractivity contribution in [3.63, 3.8) is 0 Å². The van der Waals surface area contributed by atoms with Gasteiger partial charge in [0, 0.05) is 27.1 Å². The lowest BCUT2D eigenvalue weighted by Gasteiger charge is -2.22. The molecule has 47 heavy (non-hydrogen) atoms. The Morgan fingerprint density at radius 1 is 0.894 bits per heavy atom. The Morgan fingerprint density at radius 3 is 1.96 bits per heavy atom. The standard InChI is InChI=1S/C21H32N4O4.C8H10.C3H6.C2H5NO.CH4N2/c1-15-7-8-17-6-4-5-9-23-19(26)13-24-20(27)14-25(3)21(28)16(2)22-10-11-29-18(17)12-15;1-7-3-5-8(2)6-4-7;1-2-3-1;1-2(3)4;2-1-3/h7-8,12,16,22H,4-6,9-11,13-14H2,1-3H3,(H,23,26)(H,24,27);3-6H,1-2H3;1-3H2;1H3,(H2,3,4);1H,(H3,2,3). The average molecular weight is 656 g/mol. The lowest BCUT2D eigenvalue weighted by molar-refractivity contribution is -0.136. The Kier molecular flexibility index (Phi) is 23.3. The molecule has 1 aliphatic carbocycles. The molecule has 12 nitrogen and oxygen atoms in total. The molecule has 1 heterocycles. The van der Waals surface area contributed by atoms with E-state index in [-0.39, 0.29) is 36.7 Å². The molecule has 1 saturated carbocycles. The highest BCUT2D eigenvalue weighted by Gasteiger charge is 2.19. The molecule has 0 bridgehead atoms. The van der Waals surface area contributed by atoms with Gasteiger partial charge in [0.25, 0.3) is 0 Å². The van der Waals surface area contributed by atoms with Crippen LogP contribution in [-0.4, -0.2) is 80.7 Å². The lowest BCUT2D eigenvalue weighted by Crippen LogP contribution is -2.48. The SMILES string of the molecule is C1CC1.CC(N)=O.Cc1ccc(C)cc1.Cc1ccc2c(c1)OCCNC(C)C(=O)N(C)CC(=O)NCC(=O)NCCCC2.N=CN. The Hall–Kier alpha value is -4.45. The summed E-state index contributed by atoms with van der Waals surface area (Å²) in [5.74, 6) is -0.270. The molecule has 0 spiro atoms. The number of primary amides is 1. The number of likely N-dealkylation sites (N-methyl/N-ethyl adjacent to an activating group) is 1. The third kappa shape index (κ3) is 24.5. The molecular formula is C35H57N7O5. The third-order valence-corrected chi connectivity index (χ3v) is 6.37. The Morgan fingerprint density at radius 2 is 1.43 bits per heavy atom. The van der Waals surface area contributed by atoms with Crippen molar-refractivity contribution in [1.82, 2.24) is 20.9 Å². The fourth-order valence-electron chi connectivity index (χ4n) is 3.75. The quantitative estimate of drug-likeness (QED) is 0.186. The van der Waals surface area contributed by atoms with E-state index < -0.39 is 6.04 Å². The Labute approximate surface area is 280 Å². The van der Waals surface area contributed by atoms with Crippen LogP contribution in [0.5, 0.6) is 5.75 Å². The first-order chi connectivity index (χ1) is 22.3. The smallest absolute Gasteiger partial charge is 0.240 e. The molecule has 2 aliphatic rings. The molecule has 262 valence electrons. The van der Waals surface area contributed by atoms with E-state index in [1.165, 1.54) is 42.2 Å². The predicted octanol–water partition coefficient (Wildman–Crippen LogP) is 2.90. The monoisotopic (exact) mass is 655 g/mol. The first kappa shape index (κ1) is 42.6. The van der Waals surface area contributed by atoms with E-state index in [2.05, 4.69) is 77.7 Å². The van der Waals surface area contributed by atoms with Gasteiger partial charge in [0.2, 0.25) is 23.6 Å². The van der Waals surface area contributed by atoms with E-state index in [4.69, 9.17) is 10.1 Å². The number of rotatable bonds is 0. The van der Waals surface area contributed by atoms with Crippen LogP contribution in [0.3, 0.4) is 0 Å². The number of hydrogen-bond donors (Lipinski definition) is 6. The molecule has 0 aromatic heterocycles. The highest BCUT2D eigenvalue weighted by Crippen LogP contribution is 2.22. The van der Waals surface area contributed by atoms with E-state index in [0.29, 0.717) is 19.7 Å². The highest BCUT2D eigenvalue weighted by atomic mass is 16.5. The van der Waals surface area contributed by atoms with Crippen LogP contribution < -0.4 is 32.2 Å². The molecule has 0 radical (unpaired) electrons. The Bertz CT molecular complexity index is 1190. The van der Waals surface area contributed by atoms with E-state index in [9.17, 15) is 19.2 Å². The summed E-state index contributed by atoms with van der Waals surface area (Å²) < 4.78 is 5.96. The van der Waals surface area contributed by atoms with Crippen LogP contribution in [0.25, 0.3) is 0 Å². The van der Waals surface area contributed by atoms with Gasteiger partial charge in [-0.15, -0.1) is 0 Å². The van der Waals surface area contributed by atoms with Crippen molar-refractivity contribution in [3.05, 3.63) is 64.7 Å².